The van der Waals surface area contributed by atoms with Crippen LogP contribution in [0, 0.1) is 10.1 Å². The largest absolute Gasteiger partial charge is 0.478 e. The van der Waals surface area contributed by atoms with Crippen LogP contribution in [-0.2, 0) is 9.53 Å². The van der Waals surface area contributed by atoms with Gasteiger partial charge < -0.3 is 14.7 Å². The molecule has 0 radical (unpaired) electrons. The Bertz CT molecular complexity index is 550. The van der Waals surface area contributed by atoms with Crippen LogP contribution in [0.15, 0.2) is 24.3 Å². The zero-order valence-corrected chi connectivity index (χ0v) is 10.7. The highest BCUT2D eigenvalue weighted by Crippen LogP contribution is 2.26. The summed E-state index contributed by atoms with van der Waals surface area (Å²) in [5, 5.41) is 19.6. The molecule has 1 heterocycles. The molecular formula is C13H14N2O5. The van der Waals surface area contributed by atoms with Crippen LogP contribution >= 0.6 is 0 Å². The van der Waals surface area contributed by atoms with E-state index in [0.29, 0.717) is 26.3 Å². The lowest BCUT2D eigenvalue weighted by atomic mass is 10.1. The van der Waals surface area contributed by atoms with E-state index in [4.69, 9.17) is 9.84 Å². The van der Waals surface area contributed by atoms with Crippen molar-refractivity contribution in [3.05, 3.63) is 40.0 Å². The first-order chi connectivity index (χ1) is 9.58. The molecule has 0 aromatic heterocycles. The van der Waals surface area contributed by atoms with Crippen LogP contribution in [0.25, 0.3) is 6.08 Å². The Kier molecular flexibility index (Phi) is 4.31. The fourth-order valence-electron chi connectivity index (χ4n) is 2.02. The highest BCUT2D eigenvalue weighted by Gasteiger charge is 2.16. The van der Waals surface area contributed by atoms with Crippen molar-refractivity contribution in [2.24, 2.45) is 0 Å². The average molecular weight is 278 g/mol. The molecule has 1 fully saturated rings. The molecule has 0 aliphatic carbocycles. The summed E-state index contributed by atoms with van der Waals surface area (Å²) in [5.41, 5.74) is 0.991. The van der Waals surface area contributed by atoms with Gasteiger partial charge in [-0.15, -0.1) is 0 Å². The van der Waals surface area contributed by atoms with Gasteiger partial charge in [0.1, 0.15) is 0 Å². The summed E-state index contributed by atoms with van der Waals surface area (Å²) < 4.78 is 5.25. The average Bonchev–Trinajstić information content (AvgIpc) is 2.45. The Balaban J connectivity index is 2.34. The molecule has 1 aliphatic rings. The van der Waals surface area contributed by atoms with Gasteiger partial charge in [-0.3, -0.25) is 10.1 Å². The molecule has 0 atom stereocenters. The van der Waals surface area contributed by atoms with E-state index in [0.717, 1.165) is 11.8 Å². The van der Waals surface area contributed by atoms with Crippen molar-refractivity contribution >= 4 is 23.4 Å². The first-order valence-electron chi connectivity index (χ1n) is 6.10. The molecule has 0 amide bonds. The minimum Gasteiger partial charge on any atom is -0.478 e. The molecule has 0 bridgehead atoms. The van der Waals surface area contributed by atoms with Gasteiger partial charge in [0.2, 0.25) is 0 Å². The molecule has 7 heteroatoms. The number of hydrogen-bond acceptors (Lipinski definition) is 5. The highest BCUT2D eigenvalue weighted by molar-refractivity contribution is 5.86. The number of ether oxygens (including phenoxy) is 1. The second-order valence-electron chi connectivity index (χ2n) is 4.27. The van der Waals surface area contributed by atoms with Gasteiger partial charge in [0, 0.05) is 30.9 Å². The van der Waals surface area contributed by atoms with E-state index in [1.807, 2.05) is 4.90 Å². The van der Waals surface area contributed by atoms with Crippen molar-refractivity contribution in [1.29, 1.82) is 0 Å². The molecule has 1 aromatic rings. The maximum absolute atomic E-state index is 10.9. The topological polar surface area (TPSA) is 92.9 Å². The molecule has 106 valence electrons. The molecule has 2 rings (SSSR count). The summed E-state index contributed by atoms with van der Waals surface area (Å²) in [6.07, 6.45) is 2.13. The van der Waals surface area contributed by atoms with Gasteiger partial charge in [0.15, 0.2) is 0 Å². The summed E-state index contributed by atoms with van der Waals surface area (Å²) in [4.78, 5) is 23.0. The van der Waals surface area contributed by atoms with E-state index in [9.17, 15) is 14.9 Å². The standard InChI is InChI=1S/C13H14N2O5/c16-13(17)4-1-10-9-11(2-3-12(10)15(18)19)14-5-7-20-8-6-14/h1-4,9H,5-8H2,(H,16,17). The minimum atomic E-state index is -1.14. The molecule has 1 saturated heterocycles. The Labute approximate surface area is 115 Å². The van der Waals surface area contributed by atoms with Crippen molar-refractivity contribution in [3.8, 4) is 0 Å². The third-order valence-electron chi connectivity index (χ3n) is 2.99. The fourth-order valence-corrected chi connectivity index (χ4v) is 2.02. The summed E-state index contributed by atoms with van der Waals surface area (Å²) in [5.74, 6) is -1.14. The molecule has 0 unspecified atom stereocenters. The van der Waals surface area contributed by atoms with E-state index in [-0.39, 0.29) is 11.3 Å². The first-order valence-corrected chi connectivity index (χ1v) is 6.10. The molecule has 1 aliphatic heterocycles. The zero-order valence-electron chi connectivity index (χ0n) is 10.7. The zero-order chi connectivity index (χ0) is 14.5. The first kappa shape index (κ1) is 14.0. The van der Waals surface area contributed by atoms with Crippen LogP contribution in [0.2, 0.25) is 0 Å². The summed E-state index contributed by atoms with van der Waals surface area (Å²) in [6.45, 7) is 2.63. The maximum atomic E-state index is 10.9. The van der Waals surface area contributed by atoms with Gasteiger partial charge in [0.25, 0.3) is 5.69 Å². The lowest BCUT2D eigenvalue weighted by molar-refractivity contribution is -0.385. The second-order valence-corrected chi connectivity index (χ2v) is 4.27. The van der Waals surface area contributed by atoms with Crippen molar-refractivity contribution in [1.82, 2.24) is 0 Å². The van der Waals surface area contributed by atoms with E-state index >= 15 is 0 Å². The number of morpholine rings is 1. The number of carboxylic acid groups (broad SMARTS) is 1. The number of anilines is 1. The van der Waals surface area contributed by atoms with Gasteiger partial charge in [-0.25, -0.2) is 4.79 Å². The molecular weight excluding hydrogens is 264 g/mol. The van der Waals surface area contributed by atoms with Gasteiger partial charge >= 0.3 is 5.97 Å². The summed E-state index contributed by atoms with van der Waals surface area (Å²) >= 11 is 0. The van der Waals surface area contributed by atoms with E-state index in [1.54, 1.807) is 12.1 Å². The third kappa shape index (κ3) is 3.33. The fraction of sp³-hybridized carbons (Fsp3) is 0.308. The van der Waals surface area contributed by atoms with Crippen LogP contribution < -0.4 is 4.90 Å². The molecule has 0 saturated carbocycles. The normalized spacial score (nSPS) is 15.5. The molecule has 7 nitrogen and oxygen atoms in total. The highest BCUT2D eigenvalue weighted by atomic mass is 16.6. The Morgan fingerprint density at radius 2 is 2.10 bits per heavy atom. The minimum absolute atomic E-state index is 0.112. The van der Waals surface area contributed by atoms with Gasteiger partial charge in [-0.2, -0.15) is 0 Å². The second kappa shape index (κ2) is 6.16. The van der Waals surface area contributed by atoms with Crippen molar-refractivity contribution < 1.29 is 19.6 Å². The van der Waals surface area contributed by atoms with Gasteiger partial charge in [0.05, 0.1) is 23.7 Å². The smallest absolute Gasteiger partial charge is 0.328 e. The van der Waals surface area contributed by atoms with Crippen LogP contribution in [0.3, 0.4) is 0 Å². The molecule has 20 heavy (non-hydrogen) atoms. The number of hydrogen-bond donors (Lipinski definition) is 1. The van der Waals surface area contributed by atoms with Crippen molar-refractivity contribution in [3.63, 3.8) is 0 Å². The quantitative estimate of drug-likeness (QED) is 0.510. The predicted octanol–water partition coefficient (Wildman–Crippen LogP) is 1.53. The van der Waals surface area contributed by atoms with Crippen LogP contribution in [0.5, 0.6) is 0 Å². The number of nitro benzene ring substituents is 1. The number of benzene rings is 1. The number of nitro groups is 1. The molecule has 1 aromatic carbocycles. The number of nitrogens with zero attached hydrogens (tertiary/aromatic N) is 2. The number of carboxylic acids is 1. The van der Waals surface area contributed by atoms with Crippen molar-refractivity contribution in [2.75, 3.05) is 31.2 Å². The predicted molar refractivity (Wildman–Crippen MR) is 72.8 cm³/mol. The Morgan fingerprint density at radius 1 is 1.40 bits per heavy atom. The van der Waals surface area contributed by atoms with Crippen molar-refractivity contribution in [2.45, 2.75) is 0 Å². The Hall–Kier alpha value is -2.41. The van der Waals surface area contributed by atoms with E-state index < -0.39 is 10.9 Å². The maximum Gasteiger partial charge on any atom is 0.328 e. The van der Waals surface area contributed by atoms with Crippen LogP contribution in [-0.4, -0.2) is 42.3 Å². The number of aliphatic carboxylic acids is 1. The molecule has 1 N–H and O–H groups in total. The number of carbonyl (C=O) groups is 1. The SMILES string of the molecule is O=C(O)C=Cc1cc(N2CCOCC2)ccc1[N+](=O)[O-]. The van der Waals surface area contributed by atoms with E-state index in [2.05, 4.69) is 0 Å². The monoisotopic (exact) mass is 278 g/mol. The van der Waals surface area contributed by atoms with Gasteiger partial charge in [-0.05, 0) is 18.2 Å². The van der Waals surface area contributed by atoms with Crippen LogP contribution in [0.1, 0.15) is 5.56 Å². The van der Waals surface area contributed by atoms with Crippen LogP contribution in [0.4, 0.5) is 11.4 Å². The Morgan fingerprint density at radius 3 is 2.70 bits per heavy atom. The molecule has 0 spiro atoms. The summed E-state index contributed by atoms with van der Waals surface area (Å²) in [6, 6.07) is 4.69. The van der Waals surface area contributed by atoms with E-state index in [1.165, 1.54) is 12.1 Å². The van der Waals surface area contributed by atoms with Gasteiger partial charge in [-0.1, -0.05) is 0 Å². The summed E-state index contributed by atoms with van der Waals surface area (Å²) in [7, 11) is 0. The number of rotatable bonds is 4. The lowest BCUT2D eigenvalue weighted by Gasteiger charge is -2.29. The lowest BCUT2D eigenvalue weighted by Crippen LogP contribution is -2.36. The third-order valence-corrected chi connectivity index (χ3v) is 2.99.